The molecule has 1 unspecified atom stereocenters. The molecule has 0 aliphatic carbocycles. The Kier molecular flexibility index (Phi) is 6.29. The van der Waals surface area contributed by atoms with Crippen LogP contribution < -0.4 is 24.4 Å². The van der Waals surface area contributed by atoms with Crippen LogP contribution in [-0.2, 0) is 11.2 Å². The molecule has 1 saturated heterocycles. The molecule has 2 amide bonds. The van der Waals surface area contributed by atoms with Gasteiger partial charge in [0.25, 0.3) is 5.24 Å². The summed E-state index contributed by atoms with van der Waals surface area (Å²) in [6.45, 7) is -2.38. The van der Waals surface area contributed by atoms with Crippen LogP contribution in [0.2, 0.25) is 0 Å². The summed E-state index contributed by atoms with van der Waals surface area (Å²) in [5, 5.41) is 1.49. The van der Waals surface area contributed by atoms with E-state index in [9.17, 15) is 9.59 Å². The fourth-order valence-corrected chi connectivity index (χ4v) is 3.99. The molecule has 1 N–H and O–H groups in total. The van der Waals surface area contributed by atoms with Gasteiger partial charge >= 0.3 is 0 Å². The summed E-state index contributed by atoms with van der Waals surface area (Å²) in [6.07, 6.45) is 1.66. The number of nitrogens with zero attached hydrogens (tertiary/aromatic N) is 3. The van der Waals surface area contributed by atoms with E-state index in [4.69, 9.17) is 18.3 Å². The van der Waals surface area contributed by atoms with Gasteiger partial charge in [-0.05, 0) is 48.4 Å². The van der Waals surface area contributed by atoms with Crippen molar-refractivity contribution >= 4 is 28.7 Å². The summed E-state index contributed by atoms with van der Waals surface area (Å²) < 4.78 is 40.4. The second-order valence-corrected chi connectivity index (χ2v) is 8.40. The number of methoxy groups -OCH3 is 1. The minimum absolute atomic E-state index is 0.0260. The lowest BCUT2D eigenvalue weighted by Gasteiger charge is -2.18. The Hall–Kier alpha value is -3.79. The van der Waals surface area contributed by atoms with Gasteiger partial charge in [0.1, 0.15) is 36.0 Å². The summed E-state index contributed by atoms with van der Waals surface area (Å²) in [5.41, 5.74) is 0.879. The number of anilines is 1. The number of amides is 2. The number of rotatable bonds is 10. The van der Waals surface area contributed by atoms with Crippen LogP contribution in [-0.4, -0.2) is 53.6 Å². The van der Waals surface area contributed by atoms with Crippen molar-refractivity contribution in [1.29, 1.82) is 0 Å². The molecule has 34 heavy (non-hydrogen) atoms. The smallest absolute Gasteiger partial charge is 0.286 e. The lowest BCUT2D eigenvalue weighted by atomic mass is 10.1. The van der Waals surface area contributed by atoms with Crippen LogP contribution in [0.25, 0.3) is 0 Å². The van der Waals surface area contributed by atoms with Gasteiger partial charge in [0.05, 0.1) is 18.9 Å². The van der Waals surface area contributed by atoms with E-state index < -0.39 is 12.2 Å². The van der Waals surface area contributed by atoms with Crippen molar-refractivity contribution in [3.63, 3.8) is 0 Å². The molecule has 0 spiro atoms. The molecule has 1 atom stereocenters. The summed E-state index contributed by atoms with van der Waals surface area (Å²) in [6, 6.07) is 15.4. The zero-order valence-electron chi connectivity index (χ0n) is 21.3. The largest absolute Gasteiger partial charge is 0.497 e. The van der Waals surface area contributed by atoms with Crippen LogP contribution in [0, 0.1) is 0 Å². The standard InChI is InChI=1S/C24H24N4O5S/c1-28(21-14-22(26-15-25-21)33-19-9-7-17(31-2)8-10-19)11-12-32-18-5-3-16(4-6-18)13-20-23(29)27-24(30)34-20/h3-10,14-15,20H,11-13H2,1-2H3,(H,27,29,30)/i1D3. The molecule has 0 bridgehead atoms. The minimum Gasteiger partial charge on any atom is -0.497 e. The number of hydrogen-bond donors (Lipinski definition) is 1. The monoisotopic (exact) mass is 483 g/mol. The summed E-state index contributed by atoms with van der Waals surface area (Å²) in [4.78, 5) is 32.4. The van der Waals surface area contributed by atoms with Crippen molar-refractivity contribution in [3.8, 4) is 23.1 Å². The van der Waals surface area contributed by atoms with Gasteiger partial charge in [-0.2, -0.15) is 0 Å². The third-order valence-electron chi connectivity index (χ3n) is 4.88. The number of nitrogens with one attached hydrogen (secondary N) is 1. The number of likely N-dealkylation sites (N-methyl/N-ethyl adjacent to an activating group) is 1. The molecular formula is C24H24N4O5S. The van der Waals surface area contributed by atoms with E-state index in [1.807, 2.05) is 0 Å². The second kappa shape index (κ2) is 10.9. The highest BCUT2D eigenvalue weighted by Crippen LogP contribution is 2.25. The van der Waals surface area contributed by atoms with E-state index in [-0.39, 0.29) is 36.0 Å². The quantitative estimate of drug-likeness (QED) is 0.462. The Morgan fingerprint density at radius 1 is 1.06 bits per heavy atom. The van der Waals surface area contributed by atoms with Crippen molar-refractivity contribution in [2.75, 3.05) is 32.1 Å². The number of ether oxygens (including phenoxy) is 3. The van der Waals surface area contributed by atoms with E-state index in [0.29, 0.717) is 23.7 Å². The van der Waals surface area contributed by atoms with Crippen LogP contribution >= 0.6 is 11.8 Å². The van der Waals surface area contributed by atoms with Crippen LogP contribution in [0.4, 0.5) is 10.6 Å². The van der Waals surface area contributed by atoms with Crippen LogP contribution in [0.5, 0.6) is 23.1 Å². The van der Waals surface area contributed by atoms with Crippen molar-refractivity contribution < 1.29 is 27.9 Å². The highest BCUT2D eigenvalue weighted by molar-refractivity contribution is 8.15. The minimum atomic E-state index is -2.48. The number of aromatic nitrogens is 2. The van der Waals surface area contributed by atoms with Gasteiger partial charge in [-0.3, -0.25) is 14.9 Å². The zero-order chi connectivity index (χ0) is 26.4. The Morgan fingerprint density at radius 2 is 1.79 bits per heavy atom. The first-order valence-corrected chi connectivity index (χ1v) is 11.2. The van der Waals surface area contributed by atoms with Gasteiger partial charge < -0.3 is 19.1 Å². The number of benzene rings is 2. The van der Waals surface area contributed by atoms with E-state index in [2.05, 4.69) is 15.3 Å². The van der Waals surface area contributed by atoms with Crippen LogP contribution in [0.3, 0.4) is 0 Å². The predicted octanol–water partition coefficient (Wildman–Crippen LogP) is 3.69. The lowest BCUT2D eigenvalue weighted by molar-refractivity contribution is -0.118. The fraction of sp³-hybridized carbons (Fsp3) is 0.250. The highest BCUT2D eigenvalue weighted by Gasteiger charge is 2.31. The molecule has 3 aromatic rings. The van der Waals surface area contributed by atoms with Crippen molar-refractivity contribution in [3.05, 3.63) is 66.5 Å². The van der Waals surface area contributed by atoms with Crippen molar-refractivity contribution in [1.82, 2.24) is 15.3 Å². The molecule has 2 heterocycles. The number of carbonyl (C=O) groups excluding carboxylic acids is 2. The second-order valence-electron chi connectivity index (χ2n) is 7.22. The number of carbonyl (C=O) groups is 2. The van der Waals surface area contributed by atoms with E-state index in [1.54, 1.807) is 55.6 Å². The Labute approximate surface area is 205 Å². The van der Waals surface area contributed by atoms with Crippen LogP contribution in [0.1, 0.15) is 9.68 Å². The summed E-state index contributed by atoms with van der Waals surface area (Å²) in [5.74, 6) is 1.80. The molecule has 0 saturated carbocycles. The highest BCUT2D eigenvalue weighted by atomic mass is 32.2. The molecule has 1 fully saturated rings. The third kappa shape index (κ3) is 6.16. The molecule has 9 nitrogen and oxygen atoms in total. The summed E-state index contributed by atoms with van der Waals surface area (Å²) >= 11 is 0.979. The van der Waals surface area contributed by atoms with Gasteiger partial charge in [-0.25, -0.2) is 9.97 Å². The van der Waals surface area contributed by atoms with Crippen LogP contribution in [0.15, 0.2) is 60.9 Å². The maximum absolute atomic E-state index is 11.7. The fourth-order valence-electron chi connectivity index (χ4n) is 3.13. The van der Waals surface area contributed by atoms with E-state index in [1.165, 1.54) is 12.4 Å². The normalized spacial score (nSPS) is 16.7. The van der Waals surface area contributed by atoms with E-state index in [0.717, 1.165) is 22.2 Å². The third-order valence-corrected chi connectivity index (χ3v) is 5.86. The zero-order valence-corrected chi connectivity index (χ0v) is 19.1. The maximum Gasteiger partial charge on any atom is 0.286 e. The molecule has 0 radical (unpaired) electrons. The maximum atomic E-state index is 11.7. The van der Waals surface area contributed by atoms with E-state index >= 15 is 0 Å². The molecule has 1 aromatic heterocycles. The van der Waals surface area contributed by atoms with Gasteiger partial charge in [-0.1, -0.05) is 23.9 Å². The predicted molar refractivity (Wildman–Crippen MR) is 129 cm³/mol. The van der Waals surface area contributed by atoms with Gasteiger partial charge in [0, 0.05) is 17.2 Å². The number of thioether (sulfide) groups is 1. The Bertz CT molecular complexity index is 1240. The molecular weight excluding hydrogens is 456 g/mol. The lowest BCUT2D eigenvalue weighted by Crippen LogP contribution is -2.25. The molecule has 2 aromatic carbocycles. The van der Waals surface area contributed by atoms with Crippen molar-refractivity contribution in [2.24, 2.45) is 0 Å². The first kappa shape index (κ1) is 19.7. The Balaban J connectivity index is 1.36. The molecule has 1 aliphatic heterocycles. The number of imide groups is 1. The molecule has 4 rings (SSSR count). The average molecular weight is 484 g/mol. The van der Waals surface area contributed by atoms with Gasteiger partial charge in [-0.15, -0.1) is 0 Å². The molecule has 1 aliphatic rings. The van der Waals surface area contributed by atoms with Gasteiger partial charge in [0.2, 0.25) is 11.8 Å². The Morgan fingerprint density at radius 3 is 2.47 bits per heavy atom. The molecule has 10 heteroatoms. The SMILES string of the molecule is [2H]C([2H])([2H])N(CCOc1ccc(CC2SC(=O)NC2=O)cc1)c1cc(Oc2ccc(OC)cc2)ncn1. The first-order chi connectivity index (χ1) is 17.7. The average Bonchev–Trinajstić information content (AvgIpc) is 3.19. The number of hydrogen-bond acceptors (Lipinski definition) is 9. The summed E-state index contributed by atoms with van der Waals surface area (Å²) in [7, 11) is 1.57. The topological polar surface area (TPSA) is 103 Å². The molecule has 176 valence electrons. The van der Waals surface area contributed by atoms with Crippen molar-refractivity contribution in [2.45, 2.75) is 11.7 Å². The van der Waals surface area contributed by atoms with Gasteiger partial charge in [0.15, 0.2) is 0 Å². The first-order valence-electron chi connectivity index (χ1n) is 11.9.